The molecule has 0 bridgehead atoms. The van der Waals surface area contributed by atoms with Gasteiger partial charge in [0, 0.05) is 71.7 Å². The number of hydrogen-bond donors (Lipinski definition) is 6. The molecule has 0 radical (unpaired) electrons. The lowest BCUT2D eigenvalue weighted by Gasteiger charge is -2.44. The highest BCUT2D eigenvalue weighted by molar-refractivity contribution is 8.41. The Morgan fingerprint density at radius 1 is 0.958 bits per heavy atom. The second kappa shape index (κ2) is 25.9. The van der Waals surface area contributed by atoms with E-state index in [0.29, 0.717) is 129 Å². The summed E-state index contributed by atoms with van der Waals surface area (Å²) in [6, 6.07) is 7.60. The number of thiol groups is 1. The molecular formula is C50H70N5O14PS2. The van der Waals surface area contributed by atoms with E-state index in [1.54, 1.807) is 32.9 Å². The Labute approximate surface area is 432 Å². The fourth-order valence-electron chi connectivity index (χ4n) is 9.52. The van der Waals surface area contributed by atoms with Gasteiger partial charge in [-0.2, -0.15) is 11.8 Å². The number of esters is 2. The molecule has 6 N–H and O–H groups in total. The summed E-state index contributed by atoms with van der Waals surface area (Å²) in [6.45, 7) is 13.0. The number of nitrogens with two attached hydrogens (primary N) is 1. The smallest absolute Gasteiger partial charge is 0.333 e. The fourth-order valence-corrected chi connectivity index (χ4v) is 12.0. The lowest BCUT2D eigenvalue weighted by molar-refractivity contribution is -0.153. The number of carbonyl (C=O) groups excluding carboxylic acids is 2. The van der Waals surface area contributed by atoms with Gasteiger partial charge in [0.25, 0.3) is 0 Å². The SMILES string of the molecule is COc1ccc2[nH]c3c(c2c1)CCN[C@@]3(CSCC1CN(C)[C@@H](Cc2cc(C)c(OC)c(O)c2C)C(OP(S)OCCOCCOCCOCCN)N1)C(=O)OCc1c(C)c(OC(C)=O)c(C)c2c1OCO2. The Morgan fingerprint density at radius 2 is 1.68 bits per heavy atom. The van der Waals surface area contributed by atoms with Gasteiger partial charge in [-0.3, -0.25) is 20.3 Å². The van der Waals surface area contributed by atoms with Crippen LogP contribution in [0, 0.1) is 27.7 Å². The summed E-state index contributed by atoms with van der Waals surface area (Å²) in [6.07, 6.45) is 0.679. The monoisotopic (exact) mass is 1060 g/mol. The largest absolute Gasteiger partial charge is 0.504 e. The lowest BCUT2D eigenvalue weighted by atomic mass is 9.88. The van der Waals surface area contributed by atoms with Crippen LogP contribution in [0.5, 0.6) is 34.5 Å². The summed E-state index contributed by atoms with van der Waals surface area (Å²) in [5.41, 5.74) is 11.1. The van der Waals surface area contributed by atoms with Crippen molar-refractivity contribution in [3.05, 3.63) is 68.9 Å². The minimum atomic E-state index is -1.66. The van der Waals surface area contributed by atoms with E-state index in [9.17, 15) is 9.90 Å². The van der Waals surface area contributed by atoms with Crippen LogP contribution < -0.4 is 40.1 Å². The van der Waals surface area contributed by atoms with Crippen LogP contribution in [-0.2, 0) is 62.6 Å². The minimum absolute atomic E-state index is 0.0204. The first-order valence-corrected chi connectivity index (χ1v) is 27.5. The number of aryl methyl sites for hydroxylation is 1. The summed E-state index contributed by atoms with van der Waals surface area (Å²) in [5, 5.41) is 19.4. The predicted molar refractivity (Wildman–Crippen MR) is 278 cm³/mol. The van der Waals surface area contributed by atoms with Crippen molar-refractivity contribution in [3.8, 4) is 34.5 Å². The van der Waals surface area contributed by atoms with Crippen molar-refractivity contribution in [2.45, 2.75) is 77.9 Å². The summed E-state index contributed by atoms with van der Waals surface area (Å²) >= 11 is 6.38. The number of likely N-dealkylation sites (N-methyl/N-ethyl adjacent to an activating group) is 1. The van der Waals surface area contributed by atoms with Gasteiger partial charge in [-0.05, 0) is 88.0 Å². The molecule has 0 spiro atoms. The molecule has 3 unspecified atom stereocenters. The zero-order valence-electron chi connectivity index (χ0n) is 42.4. The standard InChI is InChI=1S/C50H70N5O14PS2/c1-29-21-34(30(2)42(57)43(29)60-8)22-41-48(69-70(71)67-20-19-63-18-17-62-16-15-61-14-12-51)53-35(24-55(41)6)26-72-27-50(47-37(11-13-52-50)38-23-36(59-7)9-10-40(38)54-47)49(58)64-25-39-31(3)44(68-33(5)56)32(4)45-46(39)66-28-65-45/h9-10,21,23,35,41,48,52-54,57,71H,11-20,22,24-28,51H2,1-8H3/t35?,41-,48?,50+,70?/m0/s1. The highest BCUT2D eigenvalue weighted by Gasteiger charge is 2.48. The Bertz CT molecular complexity index is 2520. The van der Waals surface area contributed by atoms with Crippen LogP contribution in [0.1, 0.15) is 51.6 Å². The van der Waals surface area contributed by atoms with Crippen molar-refractivity contribution in [2.24, 2.45) is 5.73 Å². The molecule has 0 amide bonds. The van der Waals surface area contributed by atoms with Gasteiger partial charge in [0.1, 0.15) is 24.3 Å². The molecule has 3 aliphatic heterocycles. The van der Waals surface area contributed by atoms with Gasteiger partial charge < -0.3 is 67.5 Å². The van der Waals surface area contributed by atoms with Gasteiger partial charge in [-0.1, -0.05) is 18.3 Å². The fraction of sp³-hybridized carbons (Fsp3) is 0.560. The number of aromatic amines is 1. The number of nitrogens with zero attached hydrogens (tertiary/aromatic N) is 1. The number of benzene rings is 3. The number of nitrogens with one attached hydrogen (secondary N) is 3. The molecule has 396 valence electrons. The molecule has 1 saturated heterocycles. The molecule has 72 heavy (non-hydrogen) atoms. The minimum Gasteiger partial charge on any atom is -0.504 e. The maximum absolute atomic E-state index is 15.0. The molecule has 3 aliphatic rings. The second-order valence-electron chi connectivity index (χ2n) is 17.9. The van der Waals surface area contributed by atoms with Crippen LogP contribution >= 0.6 is 31.6 Å². The van der Waals surface area contributed by atoms with Gasteiger partial charge in [0.15, 0.2) is 28.5 Å². The normalized spacial score (nSPS) is 20.1. The highest BCUT2D eigenvalue weighted by atomic mass is 32.7. The van der Waals surface area contributed by atoms with Gasteiger partial charge in [-0.15, -0.1) is 0 Å². The van der Waals surface area contributed by atoms with Gasteiger partial charge in [0.2, 0.25) is 14.4 Å². The first-order valence-electron chi connectivity index (χ1n) is 24.0. The van der Waals surface area contributed by atoms with E-state index in [-0.39, 0.29) is 37.8 Å². The average molecular weight is 1060 g/mol. The zero-order valence-corrected chi connectivity index (χ0v) is 45.0. The van der Waals surface area contributed by atoms with E-state index in [1.807, 2.05) is 45.0 Å². The molecule has 5 atom stereocenters. The van der Waals surface area contributed by atoms with Crippen LogP contribution in [0.25, 0.3) is 10.9 Å². The third-order valence-electron chi connectivity index (χ3n) is 13.2. The maximum atomic E-state index is 15.0. The Morgan fingerprint density at radius 3 is 2.39 bits per heavy atom. The van der Waals surface area contributed by atoms with Crippen molar-refractivity contribution >= 4 is 54.4 Å². The van der Waals surface area contributed by atoms with Gasteiger partial charge >= 0.3 is 11.9 Å². The predicted octanol–water partition coefficient (Wildman–Crippen LogP) is 5.64. The van der Waals surface area contributed by atoms with E-state index in [4.69, 9.17) is 69.7 Å². The Hall–Kier alpha value is -4.09. The van der Waals surface area contributed by atoms with E-state index < -0.39 is 31.3 Å². The Balaban J connectivity index is 1.09. The number of phenolic OH excluding ortho intramolecular Hbond substituents is 1. The number of H-pyrrole nitrogens is 1. The number of ether oxygens (including phenoxy) is 9. The van der Waals surface area contributed by atoms with E-state index in [2.05, 4.69) is 27.6 Å². The summed E-state index contributed by atoms with van der Waals surface area (Å²) < 4.78 is 64.1. The van der Waals surface area contributed by atoms with Crippen molar-refractivity contribution < 1.29 is 66.4 Å². The molecule has 0 aliphatic carbocycles. The highest BCUT2D eigenvalue weighted by Crippen LogP contribution is 2.48. The van der Waals surface area contributed by atoms with Crippen molar-refractivity contribution in [1.82, 2.24) is 20.5 Å². The summed E-state index contributed by atoms with van der Waals surface area (Å²) in [4.78, 5) is 33.1. The molecule has 7 rings (SSSR count). The summed E-state index contributed by atoms with van der Waals surface area (Å²) in [7, 11) is 3.58. The number of thioether (sulfide) groups is 1. The van der Waals surface area contributed by atoms with E-state index in [0.717, 1.165) is 38.9 Å². The molecule has 3 aromatic carbocycles. The number of rotatable bonds is 26. The molecule has 4 heterocycles. The average Bonchev–Trinajstić information content (AvgIpc) is 4.00. The summed E-state index contributed by atoms with van der Waals surface area (Å²) in [5.74, 6) is 2.45. The Kier molecular flexibility index (Phi) is 20.0. The molecule has 0 saturated carbocycles. The zero-order chi connectivity index (χ0) is 51.5. The van der Waals surface area contributed by atoms with Crippen molar-refractivity contribution in [2.75, 3.05) is 105 Å². The topological polar surface area (TPSA) is 225 Å². The first-order chi connectivity index (χ1) is 34.7. The number of methoxy groups -OCH3 is 2. The van der Waals surface area contributed by atoms with Gasteiger partial charge in [-0.25, -0.2) is 4.79 Å². The number of aromatic hydroxyl groups is 1. The third-order valence-corrected chi connectivity index (χ3v) is 15.9. The molecule has 1 aromatic heterocycles. The first kappa shape index (κ1) is 55.7. The molecule has 1 fully saturated rings. The van der Waals surface area contributed by atoms with Gasteiger partial charge in [0.05, 0.1) is 72.2 Å². The molecule has 22 heteroatoms. The maximum Gasteiger partial charge on any atom is 0.333 e. The number of fused-ring (bicyclic) bond motifs is 4. The van der Waals surface area contributed by atoms with Crippen molar-refractivity contribution in [1.29, 1.82) is 0 Å². The van der Waals surface area contributed by atoms with Crippen LogP contribution in [0.15, 0.2) is 24.3 Å². The van der Waals surface area contributed by atoms with E-state index in [1.165, 1.54) is 6.92 Å². The number of carbonyl (C=O) groups is 2. The van der Waals surface area contributed by atoms with Crippen LogP contribution in [-0.4, -0.2) is 151 Å². The molecule has 19 nitrogen and oxygen atoms in total. The second-order valence-corrected chi connectivity index (χ2v) is 20.9. The van der Waals surface area contributed by atoms with Crippen LogP contribution in [0.3, 0.4) is 0 Å². The quantitative estimate of drug-likeness (QED) is 0.0147. The number of phenols is 1. The number of hydrogen-bond acceptors (Lipinski definition) is 20. The van der Waals surface area contributed by atoms with Crippen LogP contribution in [0.4, 0.5) is 0 Å². The molecule has 4 aromatic rings. The lowest BCUT2D eigenvalue weighted by Crippen LogP contribution is -2.63. The third kappa shape index (κ3) is 12.9. The van der Waals surface area contributed by atoms with E-state index >= 15 is 4.79 Å². The van der Waals surface area contributed by atoms with Crippen LogP contribution in [0.2, 0.25) is 0 Å². The van der Waals surface area contributed by atoms with Crippen molar-refractivity contribution in [3.63, 3.8) is 0 Å². The number of piperazine rings is 1. The molecular weight excluding hydrogens is 990 g/mol. The number of aromatic nitrogens is 1.